The van der Waals surface area contributed by atoms with Gasteiger partial charge in [-0.1, -0.05) is 17.7 Å². The van der Waals surface area contributed by atoms with Crippen LogP contribution in [-0.4, -0.2) is 17.6 Å². The van der Waals surface area contributed by atoms with Crippen LogP contribution in [0.3, 0.4) is 0 Å². The van der Waals surface area contributed by atoms with Crippen LogP contribution in [0.2, 0.25) is 5.02 Å². The summed E-state index contributed by atoms with van der Waals surface area (Å²) < 4.78 is 15.6. The average molecular weight is 294 g/mol. The van der Waals surface area contributed by atoms with Crippen molar-refractivity contribution < 1.29 is 4.39 Å². The first-order valence-corrected chi connectivity index (χ1v) is 6.70. The fourth-order valence-corrected chi connectivity index (χ4v) is 2.40. The third-order valence-electron chi connectivity index (χ3n) is 3.21. The van der Waals surface area contributed by atoms with Crippen LogP contribution in [0.5, 0.6) is 0 Å². The number of fused-ring (bicyclic) bond motifs is 1. The van der Waals surface area contributed by atoms with Gasteiger partial charge in [0.25, 0.3) is 0 Å². The molecule has 3 nitrogen and oxygen atoms in total. The van der Waals surface area contributed by atoms with E-state index in [1.54, 1.807) is 26.2 Å². The molecule has 106 valence electrons. The third kappa shape index (κ3) is 2.31. The third-order valence-corrected chi connectivity index (χ3v) is 3.69. The summed E-state index contributed by atoms with van der Waals surface area (Å²) >= 11 is 6.32. The standard InChI is InChI=1S/C15H17ClFN3/c1-5-6-19-15(18-4)20-10(3)14(16)11-8-12(17)9(2)7-13(11)20/h5-8H,1-4H3,(H,18,19). The Bertz CT molecular complexity index is 714. The van der Waals surface area contributed by atoms with Crippen LogP contribution in [0.25, 0.3) is 10.9 Å². The number of benzene rings is 1. The highest BCUT2D eigenvalue weighted by atomic mass is 35.5. The largest absolute Gasteiger partial charge is 0.333 e. The van der Waals surface area contributed by atoms with Crippen LogP contribution in [0.15, 0.2) is 29.4 Å². The predicted molar refractivity (Wildman–Crippen MR) is 83.1 cm³/mol. The van der Waals surface area contributed by atoms with Gasteiger partial charge in [-0.05, 0) is 44.7 Å². The number of aromatic nitrogens is 1. The summed E-state index contributed by atoms with van der Waals surface area (Å²) in [5, 5.41) is 4.33. The second-order valence-electron chi connectivity index (χ2n) is 4.54. The Kier molecular flexibility index (Phi) is 4.14. The lowest BCUT2D eigenvalue weighted by Crippen LogP contribution is -2.26. The molecule has 0 spiro atoms. The highest BCUT2D eigenvalue weighted by molar-refractivity contribution is 6.36. The zero-order valence-corrected chi connectivity index (χ0v) is 12.7. The van der Waals surface area contributed by atoms with Gasteiger partial charge in [0.05, 0.1) is 10.5 Å². The van der Waals surface area contributed by atoms with E-state index in [0.717, 1.165) is 11.2 Å². The minimum atomic E-state index is -0.257. The van der Waals surface area contributed by atoms with Crippen LogP contribution >= 0.6 is 11.6 Å². The van der Waals surface area contributed by atoms with E-state index in [0.29, 0.717) is 21.9 Å². The molecule has 1 aromatic carbocycles. The maximum absolute atomic E-state index is 13.7. The first-order chi connectivity index (χ1) is 9.51. The fraction of sp³-hybridized carbons (Fsp3) is 0.267. The molecule has 0 bridgehead atoms. The lowest BCUT2D eigenvalue weighted by atomic mass is 10.2. The predicted octanol–water partition coefficient (Wildman–Crippen LogP) is 4.01. The van der Waals surface area contributed by atoms with Crippen molar-refractivity contribution in [3.63, 3.8) is 0 Å². The van der Waals surface area contributed by atoms with Crippen molar-refractivity contribution in [1.29, 1.82) is 0 Å². The Morgan fingerprint density at radius 1 is 1.40 bits per heavy atom. The van der Waals surface area contributed by atoms with Gasteiger partial charge in [-0.3, -0.25) is 9.56 Å². The Labute approximate surface area is 122 Å². The monoisotopic (exact) mass is 293 g/mol. The summed E-state index contributed by atoms with van der Waals surface area (Å²) in [5.41, 5.74) is 2.24. The summed E-state index contributed by atoms with van der Waals surface area (Å²) in [5.74, 6) is 0.386. The van der Waals surface area contributed by atoms with E-state index in [1.165, 1.54) is 6.07 Å². The summed E-state index contributed by atoms with van der Waals surface area (Å²) in [4.78, 5) is 4.24. The molecule has 20 heavy (non-hydrogen) atoms. The highest BCUT2D eigenvalue weighted by Gasteiger charge is 2.17. The van der Waals surface area contributed by atoms with E-state index >= 15 is 0 Å². The molecule has 0 aliphatic carbocycles. The van der Waals surface area contributed by atoms with Crippen molar-refractivity contribution in [2.24, 2.45) is 4.99 Å². The van der Waals surface area contributed by atoms with Crippen LogP contribution in [0.1, 0.15) is 18.2 Å². The molecule has 0 saturated heterocycles. The molecular weight excluding hydrogens is 277 g/mol. The topological polar surface area (TPSA) is 29.3 Å². The van der Waals surface area contributed by atoms with E-state index in [1.807, 2.05) is 24.5 Å². The molecule has 0 radical (unpaired) electrons. The quantitative estimate of drug-likeness (QED) is 0.625. The SMILES string of the molecule is CC=CNC(=NC)n1c(C)c(Cl)c2cc(F)c(C)cc21. The van der Waals surface area contributed by atoms with E-state index < -0.39 is 0 Å². The van der Waals surface area contributed by atoms with Gasteiger partial charge in [0.1, 0.15) is 5.82 Å². The van der Waals surface area contributed by atoms with E-state index in [4.69, 9.17) is 11.6 Å². The first-order valence-electron chi connectivity index (χ1n) is 6.32. The van der Waals surface area contributed by atoms with Gasteiger partial charge in [-0.25, -0.2) is 4.39 Å². The van der Waals surface area contributed by atoms with Gasteiger partial charge in [0.15, 0.2) is 0 Å². The molecule has 5 heteroatoms. The number of halogens is 2. The maximum atomic E-state index is 13.7. The summed E-state index contributed by atoms with van der Waals surface area (Å²) in [6.45, 7) is 5.53. The second kappa shape index (κ2) is 5.67. The van der Waals surface area contributed by atoms with Gasteiger partial charge in [-0.15, -0.1) is 0 Å². The van der Waals surface area contributed by atoms with Crippen molar-refractivity contribution in [2.45, 2.75) is 20.8 Å². The van der Waals surface area contributed by atoms with E-state index in [-0.39, 0.29) is 5.82 Å². The van der Waals surface area contributed by atoms with E-state index in [2.05, 4.69) is 10.3 Å². The number of nitrogens with one attached hydrogen (secondary N) is 1. The zero-order chi connectivity index (χ0) is 14.9. The van der Waals surface area contributed by atoms with Crippen LogP contribution in [-0.2, 0) is 0 Å². The molecule has 0 saturated carbocycles. The Morgan fingerprint density at radius 2 is 2.10 bits per heavy atom. The molecule has 1 heterocycles. The van der Waals surface area contributed by atoms with Crippen molar-refractivity contribution in [1.82, 2.24) is 9.88 Å². The lowest BCUT2D eigenvalue weighted by Gasteiger charge is -2.11. The van der Waals surface area contributed by atoms with Crippen molar-refractivity contribution >= 4 is 28.5 Å². The number of rotatable bonds is 1. The molecule has 2 aromatic rings. The molecule has 1 N–H and O–H groups in total. The van der Waals surface area contributed by atoms with Crippen LogP contribution in [0, 0.1) is 19.7 Å². The molecule has 0 atom stereocenters. The van der Waals surface area contributed by atoms with Crippen molar-refractivity contribution in [3.05, 3.63) is 46.5 Å². The van der Waals surface area contributed by atoms with Gasteiger partial charge in [-0.2, -0.15) is 0 Å². The number of hydrogen-bond acceptors (Lipinski definition) is 1. The smallest absolute Gasteiger partial charge is 0.206 e. The molecule has 2 rings (SSSR count). The molecule has 0 fully saturated rings. The highest BCUT2D eigenvalue weighted by Crippen LogP contribution is 2.31. The Balaban J connectivity index is 2.75. The lowest BCUT2D eigenvalue weighted by molar-refractivity contribution is 0.620. The Morgan fingerprint density at radius 3 is 2.70 bits per heavy atom. The van der Waals surface area contributed by atoms with E-state index in [9.17, 15) is 4.39 Å². The molecule has 0 aliphatic heterocycles. The summed E-state index contributed by atoms with van der Waals surface area (Å²) in [6.07, 6.45) is 3.66. The minimum Gasteiger partial charge on any atom is -0.333 e. The summed E-state index contributed by atoms with van der Waals surface area (Å²) in [7, 11) is 1.70. The second-order valence-corrected chi connectivity index (χ2v) is 4.92. The van der Waals surface area contributed by atoms with Crippen molar-refractivity contribution in [3.8, 4) is 0 Å². The fourth-order valence-electron chi connectivity index (χ4n) is 2.16. The van der Waals surface area contributed by atoms with Gasteiger partial charge in [0.2, 0.25) is 5.96 Å². The number of allylic oxidation sites excluding steroid dienone is 1. The van der Waals surface area contributed by atoms with Gasteiger partial charge >= 0.3 is 0 Å². The molecular formula is C15H17ClFN3. The maximum Gasteiger partial charge on any atom is 0.206 e. The minimum absolute atomic E-state index is 0.257. The normalized spacial score (nSPS) is 12.6. The van der Waals surface area contributed by atoms with Crippen LogP contribution < -0.4 is 5.32 Å². The summed E-state index contributed by atoms with van der Waals surface area (Å²) in [6, 6.07) is 3.26. The van der Waals surface area contributed by atoms with Crippen LogP contribution in [0.4, 0.5) is 4.39 Å². The molecule has 1 aromatic heterocycles. The van der Waals surface area contributed by atoms with Gasteiger partial charge in [0, 0.05) is 18.1 Å². The number of nitrogens with zero attached hydrogens (tertiary/aromatic N) is 2. The molecule has 0 aliphatic rings. The van der Waals surface area contributed by atoms with Gasteiger partial charge < -0.3 is 5.32 Å². The molecule has 0 unspecified atom stereocenters. The molecule has 0 amide bonds. The number of hydrogen-bond donors (Lipinski definition) is 1. The average Bonchev–Trinajstić information content (AvgIpc) is 2.66. The number of aliphatic imine (C=N–C) groups is 1. The van der Waals surface area contributed by atoms with Crippen molar-refractivity contribution in [2.75, 3.05) is 7.05 Å². The Hall–Kier alpha value is -1.81. The zero-order valence-electron chi connectivity index (χ0n) is 12.0. The number of aryl methyl sites for hydroxylation is 1. The first kappa shape index (κ1) is 14.6.